The number of aliphatic hydroxyl groups excluding tert-OH is 1. The molecule has 4 aromatic heterocycles. The van der Waals surface area contributed by atoms with E-state index in [0.29, 0.717) is 51.6 Å². The minimum atomic E-state index is -0.821. The lowest BCUT2D eigenvalue weighted by atomic mass is 9.96. The number of hydrogen-bond acceptors (Lipinski definition) is 8. The average molecular weight is 618 g/mol. The molecule has 0 fully saturated rings. The van der Waals surface area contributed by atoms with Crippen LogP contribution in [0.25, 0.3) is 43.9 Å². The van der Waals surface area contributed by atoms with Crippen molar-refractivity contribution in [2.45, 2.75) is 31.9 Å². The smallest absolute Gasteiger partial charge is 0.243 e. The standard InChI is InChI=1S/C32H29F2N5O4S/c1-4-26(41)36-16(2)22-14-23(39-38-22)31-28(27-21(34)12-19(33)13-25(27)43-9-8-42-3)32-20(7-10-44-32)29(37-31)18-11-17-5-6-24(40)30(17)35-15-18/h4,7,10-16,24,40H,1,5-6,8-9H2,2-3H3,(H,36,41)(H,38,39). The number of thiophene rings is 1. The monoisotopic (exact) mass is 617 g/mol. The summed E-state index contributed by atoms with van der Waals surface area (Å²) in [5.41, 5.74) is 4.63. The van der Waals surface area contributed by atoms with E-state index in [-0.39, 0.29) is 30.4 Å². The van der Waals surface area contributed by atoms with Gasteiger partial charge >= 0.3 is 0 Å². The number of amides is 1. The summed E-state index contributed by atoms with van der Waals surface area (Å²) in [4.78, 5) is 21.6. The molecule has 4 heterocycles. The third-order valence-corrected chi connectivity index (χ3v) is 8.48. The van der Waals surface area contributed by atoms with E-state index in [1.54, 1.807) is 19.2 Å². The van der Waals surface area contributed by atoms with Crippen LogP contribution in [0.4, 0.5) is 8.78 Å². The van der Waals surface area contributed by atoms with Gasteiger partial charge in [0.05, 0.1) is 41.4 Å². The fraction of sp³-hybridized carbons (Fsp3) is 0.250. The number of ether oxygens (including phenoxy) is 2. The van der Waals surface area contributed by atoms with E-state index in [1.807, 2.05) is 17.5 Å². The van der Waals surface area contributed by atoms with Crippen LogP contribution >= 0.6 is 11.3 Å². The van der Waals surface area contributed by atoms with Gasteiger partial charge in [0.25, 0.3) is 0 Å². The summed E-state index contributed by atoms with van der Waals surface area (Å²) in [7, 11) is 1.51. The lowest BCUT2D eigenvalue weighted by Crippen LogP contribution is -2.24. The number of carbonyl (C=O) groups is 1. The lowest BCUT2D eigenvalue weighted by molar-refractivity contribution is -0.117. The number of nitrogens with zero attached hydrogens (tertiary/aromatic N) is 3. The number of aliphatic hydroxyl groups is 1. The summed E-state index contributed by atoms with van der Waals surface area (Å²) in [6, 6.07) is 7.11. The molecule has 5 aromatic rings. The number of aryl methyl sites for hydroxylation is 1. The molecule has 12 heteroatoms. The van der Waals surface area contributed by atoms with Crippen molar-refractivity contribution in [3.05, 3.63) is 83.1 Å². The van der Waals surface area contributed by atoms with Crippen molar-refractivity contribution in [1.29, 1.82) is 0 Å². The van der Waals surface area contributed by atoms with E-state index in [4.69, 9.17) is 14.5 Å². The molecule has 0 saturated carbocycles. The Bertz CT molecular complexity index is 1890. The molecule has 0 aliphatic heterocycles. The maximum Gasteiger partial charge on any atom is 0.243 e. The summed E-state index contributed by atoms with van der Waals surface area (Å²) >= 11 is 1.38. The van der Waals surface area contributed by atoms with Crippen LogP contribution in [0.3, 0.4) is 0 Å². The first-order valence-corrected chi connectivity index (χ1v) is 14.8. The van der Waals surface area contributed by atoms with E-state index in [0.717, 1.165) is 28.6 Å². The Morgan fingerprint density at radius 3 is 2.89 bits per heavy atom. The van der Waals surface area contributed by atoms with Crippen LogP contribution in [-0.4, -0.2) is 51.5 Å². The van der Waals surface area contributed by atoms with Gasteiger partial charge < -0.3 is 19.9 Å². The Hall–Kier alpha value is -4.52. The van der Waals surface area contributed by atoms with Gasteiger partial charge in [-0.3, -0.25) is 14.9 Å². The van der Waals surface area contributed by atoms with E-state index in [1.165, 1.54) is 24.5 Å². The Morgan fingerprint density at radius 1 is 1.25 bits per heavy atom. The second-order valence-corrected chi connectivity index (χ2v) is 11.3. The topological polar surface area (TPSA) is 122 Å². The second-order valence-electron chi connectivity index (χ2n) is 10.4. The highest BCUT2D eigenvalue weighted by Crippen LogP contribution is 2.47. The summed E-state index contributed by atoms with van der Waals surface area (Å²) in [5, 5.41) is 23.2. The molecule has 3 N–H and O–H groups in total. The number of rotatable bonds is 10. The molecule has 2 atom stereocenters. The number of nitrogens with one attached hydrogen (secondary N) is 2. The minimum Gasteiger partial charge on any atom is -0.490 e. The molecule has 226 valence electrons. The first kappa shape index (κ1) is 29.5. The van der Waals surface area contributed by atoms with Gasteiger partial charge in [0, 0.05) is 46.7 Å². The molecule has 2 unspecified atom stereocenters. The predicted molar refractivity (Wildman–Crippen MR) is 163 cm³/mol. The van der Waals surface area contributed by atoms with E-state index in [2.05, 4.69) is 27.1 Å². The fourth-order valence-corrected chi connectivity index (χ4v) is 6.36. The molecular formula is C32H29F2N5O4S. The number of methoxy groups -OCH3 is 1. The second kappa shape index (κ2) is 12.2. The van der Waals surface area contributed by atoms with E-state index in [9.17, 15) is 14.3 Å². The van der Waals surface area contributed by atoms with E-state index < -0.39 is 23.8 Å². The molecule has 0 spiro atoms. The van der Waals surface area contributed by atoms with Crippen molar-refractivity contribution < 1.29 is 28.2 Å². The molecular weight excluding hydrogens is 588 g/mol. The van der Waals surface area contributed by atoms with Crippen LogP contribution in [0.1, 0.15) is 42.4 Å². The third kappa shape index (κ3) is 5.47. The zero-order valence-corrected chi connectivity index (χ0v) is 24.8. The highest BCUT2D eigenvalue weighted by Gasteiger charge is 2.28. The highest BCUT2D eigenvalue weighted by molar-refractivity contribution is 7.18. The van der Waals surface area contributed by atoms with Gasteiger partial charge in [-0.25, -0.2) is 13.8 Å². The normalized spacial score (nSPS) is 14.9. The Morgan fingerprint density at radius 2 is 2.09 bits per heavy atom. The Kier molecular flexibility index (Phi) is 8.21. The lowest BCUT2D eigenvalue weighted by Gasteiger charge is -2.17. The molecule has 1 aliphatic rings. The van der Waals surface area contributed by atoms with Crippen LogP contribution < -0.4 is 10.1 Å². The van der Waals surface area contributed by atoms with Crippen molar-refractivity contribution in [3.8, 4) is 39.5 Å². The largest absolute Gasteiger partial charge is 0.490 e. The number of H-pyrrole nitrogens is 1. The number of carbonyl (C=O) groups excluding carboxylic acids is 1. The van der Waals surface area contributed by atoms with Crippen LogP contribution in [0.2, 0.25) is 0 Å². The molecule has 1 aromatic carbocycles. The fourth-order valence-electron chi connectivity index (χ4n) is 5.41. The maximum atomic E-state index is 15.9. The Labute approximate surface area is 255 Å². The zero-order valence-electron chi connectivity index (χ0n) is 24.0. The number of aromatic nitrogens is 4. The molecule has 6 rings (SSSR count). The van der Waals surface area contributed by atoms with Crippen LogP contribution in [0, 0.1) is 11.6 Å². The number of halogens is 2. The minimum absolute atomic E-state index is 0.000564. The van der Waals surface area contributed by atoms with Gasteiger partial charge in [0.2, 0.25) is 5.91 Å². The van der Waals surface area contributed by atoms with Gasteiger partial charge in [-0.15, -0.1) is 11.3 Å². The summed E-state index contributed by atoms with van der Waals surface area (Å²) in [6.07, 6.45) is 3.54. The summed E-state index contributed by atoms with van der Waals surface area (Å²) < 4.78 is 42.0. The van der Waals surface area contributed by atoms with Gasteiger partial charge in [-0.1, -0.05) is 6.58 Å². The Balaban J connectivity index is 1.60. The number of benzene rings is 1. The number of fused-ring (bicyclic) bond motifs is 2. The van der Waals surface area contributed by atoms with Gasteiger partial charge in [0.1, 0.15) is 35.4 Å². The van der Waals surface area contributed by atoms with Gasteiger partial charge in [0.15, 0.2) is 0 Å². The van der Waals surface area contributed by atoms with Crippen LogP contribution in [0.5, 0.6) is 5.75 Å². The molecule has 0 radical (unpaired) electrons. The van der Waals surface area contributed by atoms with Gasteiger partial charge in [-0.2, -0.15) is 5.10 Å². The van der Waals surface area contributed by atoms with Crippen molar-refractivity contribution >= 4 is 27.3 Å². The van der Waals surface area contributed by atoms with Crippen molar-refractivity contribution in [1.82, 2.24) is 25.5 Å². The highest BCUT2D eigenvalue weighted by atomic mass is 32.1. The number of aromatic amines is 1. The summed E-state index contributed by atoms with van der Waals surface area (Å²) in [5.74, 6) is -1.96. The maximum absolute atomic E-state index is 15.9. The van der Waals surface area contributed by atoms with Crippen LogP contribution in [0.15, 0.2) is 54.6 Å². The molecule has 1 amide bonds. The first-order chi connectivity index (χ1) is 21.3. The zero-order chi connectivity index (χ0) is 31.0. The predicted octanol–water partition coefficient (Wildman–Crippen LogP) is 6.06. The first-order valence-electron chi connectivity index (χ1n) is 14.0. The van der Waals surface area contributed by atoms with Crippen molar-refractivity contribution in [2.24, 2.45) is 0 Å². The number of pyridine rings is 2. The quantitative estimate of drug-likeness (QED) is 0.129. The van der Waals surface area contributed by atoms with E-state index >= 15 is 4.39 Å². The molecule has 0 bridgehead atoms. The average Bonchev–Trinajstić information content (AvgIpc) is 3.77. The SMILES string of the molecule is C=CC(=O)NC(C)c1cc(-c2nc(-c3cnc4c(c3)CCC4O)c3ccsc3c2-c2c(F)cc(F)cc2OCCOC)n[nH]1. The third-order valence-electron chi connectivity index (χ3n) is 7.55. The summed E-state index contributed by atoms with van der Waals surface area (Å²) in [6.45, 7) is 5.57. The van der Waals surface area contributed by atoms with Crippen molar-refractivity contribution in [3.63, 3.8) is 0 Å². The molecule has 44 heavy (non-hydrogen) atoms. The van der Waals surface area contributed by atoms with Crippen LogP contribution in [-0.2, 0) is 16.0 Å². The molecule has 1 aliphatic carbocycles. The van der Waals surface area contributed by atoms with Crippen molar-refractivity contribution in [2.75, 3.05) is 20.3 Å². The number of hydrogen-bond donors (Lipinski definition) is 3. The molecule has 0 saturated heterocycles. The van der Waals surface area contributed by atoms with Gasteiger partial charge in [-0.05, 0) is 55.0 Å². The molecule has 9 nitrogen and oxygen atoms in total.